The largest absolute Gasteiger partial charge is 0.494 e. The highest BCUT2D eigenvalue weighted by atomic mass is 16.5. The van der Waals surface area contributed by atoms with Crippen molar-refractivity contribution < 1.29 is 48.7 Å². The fourth-order valence-electron chi connectivity index (χ4n) is 18.1. The molecule has 10 nitrogen and oxygen atoms in total. The maximum absolute atomic E-state index is 12.5. The third-order valence-corrected chi connectivity index (χ3v) is 23.3. The first-order chi connectivity index (χ1) is 39.1. The molecule has 0 radical (unpaired) electrons. The molecule has 0 heterocycles. The molecular formula is C72H104O10. The van der Waals surface area contributed by atoms with Gasteiger partial charge in [0.1, 0.15) is 11.5 Å². The monoisotopic (exact) mass is 1130 g/mol. The number of hydrogen-bond donors (Lipinski definition) is 3. The number of hydrogen-bond acceptors (Lipinski definition) is 10. The van der Waals surface area contributed by atoms with Gasteiger partial charge in [-0.3, -0.25) is 14.4 Å². The van der Waals surface area contributed by atoms with Gasteiger partial charge in [0.05, 0.1) is 43.7 Å². The Hall–Kier alpha value is -4.51. The van der Waals surface area contributed by atoms with E-state index in [0.717, 1.165) is 101 Å². The van der Waals surface area contributed by atoms with Gasteiger partial charge in [-0.15, -0.1) is 6.58 Å². The van der Waals surface area contributed by atoms with Crippen molar-refractivity contribution in [3.05, 3.63) is 102 Å². The van der Waals surface area contributed by atoms with Crippen LogP contribution < -0.4 is 9.47 Å². The molecule has 3 N–H and O–H groups in total. The van der Waals surface area contributed by atoms with Gasteiger partial charge in [0.15, 0.2) is 5.78 Å². The van der Waals surface area contributed by atoms with Gasteiger partial charge in [0, 0.05) is 19.3 Å². The van der Waals surface area contributed by atoms with Crippen LogP contribution in [0.3, 0.4) is 0 Å². The molecule has 10 rings (SSSR count). The van der Waals surface area contributed by atoms with E-state index < -0.39 is 11.2 Å². The summed E-state index contributed by atoms with van der Waals surface area (Å²) in [6.07, 6.45) is 29.1. The number of aryl methyl sites for hydroxylation is 1. The van der Waals surface area contributed by atoms with Crippen molar-refractivity contribution in [1.29, 1.82) is 0 Å². The molecule has 8 aliphatic carbocycles. The fourth-order valence-corrected chi connectivity index (χ4v) is 18.1. The van der Waals surface area contributed by atoms with E-state index in [1.165, 1.54) is 42.4 Å². The summed E-state index contributed by atoms with van der Waals surface area (Å²) in [4.78, 5) is 35.0. The number of carbonyl (C=O) groups is 3. The number of benzene rings is 2. The Morgan fingerprint density at radius 2 is 1.12 bits per heavy atom. The summed E-state index contributed by atoms with van der Waals surface area (Å²) in [7, 11) is 0. The number of aliphatic hydroxyl groups is 3. The zero-order chi connectivity index (χ0) is 59.1. The van der Waals surface area contributed by atoms with Crippen LogP contribution in [-0.4, -0.2) is 76.8 Å². The van der Waals surface area contributed by atoms with Gasteiger partial charge in [-0.25, -0.2) is 0 Å². The second kappa shape index (κ2) is 26.8. The Labute approximate surface area is 493 Å². The average Bonchev–Trinajstić information content (AvgIpc) is 2.47. The number of ketones is 1. The zero-order valence-electron chi connectivity index (χ0n) is 51.6. The molecule has 6 saturated carbocycles. The predicted molar refractivity (Wildman–Crippen MR) is 327 cm³/mol. The highest BCUT2D eigenvalue weighted by molar-refractivity contribution is 5.91. The van der Waals surface area contributed by atoms with E-state index >= 15 is 0 Å². The van der Waals surface area contributed by atoms with Gasteiger partial charge < -0.3 is 34.3 Å². The van der Waals surface area contributed by atoms with Crippen molar-refractivity contribution in [1.82, 2.24) is 0 Å². The molecule has 8 aliphatic rings. The molecule has 82 heavy (non-hydrogen) atoms. The lowest BCUT2D eigenvalue weighted by Crippen LogP contribution is -2.56. The quantitative estimate of drug-likeness (QED) is 0.0705. The smallest absolute Gasteiger partial charge is 0.305 e. The minimum Gasteiger partial charge on any atom is -0.494 e. The van der Waals surface area contributed by atoms with Gasteiger partial charge in [-0.2, -0.15) is 0 Å². The van der Waals surface area contributed by atoms with Crippen LogP contribution in [0, 0.1) is 69.0 Å². The van der Waals surface area contributed by atoms with Crippen LogP contribution in [0.15, 0.2) is 91.1 Å². The Kier molecular flexibility index (Phi) is 20.8. The zero-order valence-corrected chi connectivity index (χ0v) is 51.6. The van der Waals surface area contributed by atoms with Crippen LogP contribution in [0.4, 0.5) is 0 Å². The van der Waals surface area contributed by atoms with Crippen LogP contribution in [-0.2, 0) is 30.3 Å². The summed E-state index contributed by atoms with van der Waals surface area (Å²) in [6.45, 7) is 27.1. The molecule has 452 valence electrons. The third-order valence-electron chi connectivity index (χ3n) is 23.3. The maximum Gasteiger partial charge on any atom is 0.305 e. The number of esters is 2. The topological polar surface area (TPSA) is 149 Å². The molecule has 2 aromatic rings. The standard InChI is InChI=1S/C35H50O5.C23H36O2.C14H18O3/c1-5-39-31(37)10-7-21-40-28-13-11-24(12-14-28)8-6-9-25-22-26-23-27(36)15-18-33(26,2)29-16-19-34(3)30(32(25)29)17-20-35(34,4)38;1-5-6-15-13-16-14-17(24)7-10-21(16,2)18-8-11-22(3)19(20(15)18)9-12-23(22,4)25;1-3-12-7-9-13(10-8-12)17-11-5-6-14(15)16-4-2/h11-14,23,25,29-30,32,38H,5-10,15-22H2,1-4H3;5,14-15,17-20,24-25H,1,6-13H2,2-4H3;3,7-10H,1,4-6,11H2,2H3/t25-,29?,30?,32?,33+,34+,35+;15-,17+,18?,19?,20?,21+,22+,23+;/m11./s1. The summed E-state index contributed by atoms with van der Waals surface area (Å²) in [6, 6.07) is 16.1. The molecule has 0 aliphatic heterocycles. The number of carbonyl (C=O) groups excluding carboxylic acids is 3. The Morgan fingerprint density at radius 3 is 1.65 bits per heavy atom. The molecule has 0 aromatic heterocycles. The van der Waals surface area contributed by atoms with E-state index in [1.54, 1.807) is 13.0 Å². The first kappa shape index (κ1) is 63.5. The maximum atomic E-state index is 12.5. The highest BCUT2D eigenvalue weighted by Crippen LogP contribution is 2.71. The van der Waals surface area contributed by atoms with Crippen molar-refractivity contribution >= 4 is 23.8 Å². The van der Waals surface area contributed by atoms with Crippen LogP contribution in [0.2, 0.25) is 0 Å². The average molecular weight is 1130 g/mol. The molecule has 0 saturated heterocycles. The van der Waals surface area contributed by atoms with Crippen LogP contribution in [0.25, 0.3) is 6.08 Å². The third kappa shape index (κ3) is 13.4. The summed E-state index contributed by atoms with van der Waals surface area (Å²) in [5.41, 5.74) is 4.72. The van der Waals surface area contributed by atoms with Gasteiger partial charge in [-0.1, -0.05) is 87.9 Å². The molecule has 0 amide bonds. The van der Waals surface area contributed by atoms with E-state index in [9.17, 15) is 29.7 Å². The second-order valence-corrected chi connectivity index (χ2v) is 27.7. The molecule has 10 heteroatoms. The highest BCUT2D eigenvalue weighted by Gasteiger charge is 2.66. The van der Waals surface area contributed by atoms with Crippen LogP contribution in [0.1, 0.15) is 201 Å². The van der Waals surface area contributed by atoms with Crippen LogP contribution in [0.5, 0.6) is 11.5 Å². The van der Waals surface area contributed by atoms with Crippen molar-refractivity contribution in [2.45, 2.75) is 214 Å². The number of allylic oxidation sites excluding steroid dienone is 3. The minimum absolute atomic E-state index is 0.000620. The molecule has 2 aromatic carbocycles. The Balaban J connectivity index is 0.000000178. The van der Waals surface area contributed by atoms with Crippen molar-refractivity contribution in [3.63, 3.8) is 0 Å². The molecule has 15 atom stereocenters. The van der Waals surface area contributed by atoms with Crippen molar-refractivity contribution in [2.75, 3.05) is 26.4 Å². The lowest BCUT2D eigenvalue weighted by atomic mass is 9.44. The number of ether oxygens (including phenoxy) is 4. The predicted octanol–water partition coefficient (Wildman–Crippen LogP) is 15.2. The van der Waals surface area contributed by atoms with Crippen LogP contribution >= 0.6 is 0 Å². The first-order valence-corrected chi connectivity index (χ1v) is 32.1. The van der Waals surface area contributed by atoms with E-state index in [4.69, 9.17) is 18.9 Å². The molecule has 6 unspecified atom stereocenters. The number of aliphatic hydroxyl groups excluding tert-OH is 1. The molecular weight excluding hydrogens is 1020 g/mol. The minimum atomic E-state index is -0.574. The Morgan fingerprint density at radius 1 is 0.622 bits per heavy atom. The lowest BCUT2D eigenvalue weighted by molar-refractivity contribution is -0.144. The fraction of sp³-hybridized carbons (Fsp3) is 0.681. The second-order valence-electron chi connectivity index (χ2n) is 27.7. The first-order valence-electron chi connectivity index (χ1n) is 32.1. The number of fused-ring (bicyclic) bond motifs is 10. The molecule has 6 fully saturated rings. The summed E-state index contributed by atoms with van der Waals surface area (Å²) in [5.74, 6) is 6.70. The van der Waals surface area contributed by atoms with Crippen molar-refractivity contribution in [3.8, 4) is 11.5 Å². The lowest BCUT2D eigenvalue weighted by Gasteiger charge is -2.61. The summed E-state index contributed by atoms with van der Waals surface area (Å²) < 4.78 is 21.1. The van der Waals surface area contributed by atoms with Gasteiger partial charge in [0.25, 0.3) is 0 Å². The van der Waals surface area contributed by atoms with Crippen molar-refractivity contribution in [2.24, 2.45) is 69.0 Å². The van der Waals surface area contributed by atoms with Gasteiger partial charge >= 0.3 is 11.9 Å². The normalized spacial score (nSPS) is 36.7. The Bertz CT molecular complexity index is 2580. The molecule has 0 spiro atoms. The van der Waals surface area contributed by atoms with Gasteiger partial charge in [0.2, 0.25) is 0 Å². The van der Waals surface area contributed by atoms with Gasteiger partial charge in [-0.05, 0) is 260 Å². The number of rotatable bonds is 19. The van der Waals surface area contributed by atoms with E-state index in [2.05, 4.69) is 79.0 Å². The summed E-state index contributed by atoms with van der Waals surface area (Å²) in [5, 5.41) is 32.8. The molecule has 0 bridgehead atoms. The van der Waals surface area contributed by atoms with E-state index in [1.807, 2.05) is 49.4 Å². The van der Waals surface area contributed by atoms with E-state index in [0.29, 0.717) is 112 Å². The SMILES string of the molecule is C=CC[C@@H]1CC2=C[C@@H](O)CC[C@]2(C)C2CC[C@@]3(C)C(CC[C@]3(C)O)C21.C=Cc1ccc(OCCCC(=O)OCC)cc1.CCOC(=O)CCCOc1ccc(CCC[C@@H]2CC3=CC(=O)CC[C@]3(C)C3CC[C@@]4(C)C(CC[C@]4(C)O)C32)cc1. The van der Waals surface area contributed by atoms with E-state index in [-0.39, 0.29) is 39.7 Å². The summed E-state index contributed by atoms with van der Waals surface area (Å²) >= 11 is 0.